The molecule has 0 N–H and O–H groups in total. The van der Waals surface area contributed by atoms with Crippen molar-refractivity contribution >= 4 is 28.6 Å². The largest absolute Gasteiger partial charge is 0.276 e. The van der Waals surface area contributed by atoms with Crippen LogP contribution in [0.3, 0.4) is 0 Å². The number of carbonyl (C=O) groups excluding carboxylic acids is 1. The maximum absolute atomic E-state index is 11.0. The Kier molecular flexibility index (Phi) is 4.42. The lowest BCUT2D eigenvalue weighted by Gasteiger charge is -2.05. The van der Waals surface area contributed by atoms with Gasteiger partial charge >= 0.3 is 0 Å². The van der Waals surface area contributed by atoms with Gasteiger partial charge in [-0.3, -0.25) is 4.79 Å². The van der Waals surface area contributed by atoms with Crippen LogP contribution in [-0.4, -0.2) is 5.24 Å². The number of halogens is 1. The average molecular weight is 299 g/mol. The van der Waals surface area contributed by atoms with Crippen LogP contribution in [0.5, 0.6) is 0 Å². The molecule has 0 atom stereocenters. The van der Waals surface area contributed by atoms with Gasteiger partial charge in [0.25, 0.3) is 5.24 Å². The van der Waals surface area contributed by atoms with E-state index in [0.29, 0.717) is 21.6 Å². The smallest absolute Gasteiger partial charge is 0.252 e. The highest BCUT2D eigenvalue weighted by atomic mass is 35.5. The maximum Gasteiger partial charge on any atom is 0.252 e. The van der Waals surface area contributed by atoms with E-state index in [1.165, 1.54) is 11.8 Å². The van der Waals surface area contributed by atoms with Crippen LogP contribution in [-0.2, 0) is 0 Å². The fourth-order valence-corrected chi connectivity index (χ4v) is 2.66. The normalized spacial score (nSPS) is 9.55. The van der Waals surface area contributed by atoms with Crippen molar-refractivity contribution in [2.75, 3.05) is 0 Å². The van der Waals surface area contributed by atoms with Gasteiger partial charge in [0.2, 0.25) is 0 Å². The number of benzene rings is 2. The topological polar surface area (TPSA) is 64.7 Å². The number of rotatable bonds is 3. The molecule has 5 heteroatoms. The lowest BCUT2D eigenvalue weighted by atomic mass is 10.1. The van der Waals surface area contributed by atoms with Crippen LogP contribution in [0.1, 0.15) is 21.5 Å². The monoisotopic (exact) mass is 298 g/mol. The molecule has 0 spiro atoms. The zero-order valence-electron chi connectivity index (χ0n) is 10.1. The minimum absolute atomic E-state index is 0.352. The molecule has 0 radical (unpaired) electrons. The van der Waals surface area contributed by atoms with Gasteiger partial charge in [0.1, 0.15) is 12.1 Å². The van der Waals surface area contributed by atoms with Crippen molar-refractivity contribution in [1.29, 1.82) is 10.5 Å². The number of hydrogen-bond acceptors (Lipinski definition) is 4. The Labute approximate surface area is 125 Å². The highest BCUT2D eigenvalue weighted by molar-refractivity contribution is 7.99. The molecule has 2 aromatic carbocycles. The molecule has 0 aliphatic rings. The number of nitrogens with zero attached hydrogens (tertiary/aromatic N) is 2. The summed E-state index contributed by atoms with van der Waals surface area (Å²) in [5.41, 5.74) is 1.13. The fourth-order valence-electron chi connectivity index (χ4n) is 1.61. The molecule has 96 valence electrons. The van der Waals surface area contributed by atoms with Crippen molar-refractivity contribution in [3.8, 4) is 12.1 Å². The van der Waals surface area contributed by atoms with Gasteiger partial charge in [-0.25, -0.2) is 0 Å². The minimum Gasteiger partial charge on any atom is -0.276 e. The molecule has 0 fully saturated rings. The van der Waals surface area contributed by atoms with E-state index in [1.54, 1.807) is 42.5 Å². The number of hydrogen-bond donors (Lipinski definition) is 0. The minimum atomic E-state index is -0.509. The Morgan fingerprint density at radius 3 is 2.30 bits per heavy atom. The summed E-state index contributed by atoms with van der Waals surface area (Å²) in [6, 6.07) is 15.9. The van der Waals surface area contributed by atoms with Gasteiger partial charge in [0.05, 0.1) is 11.1 Å². The second kappa shape index (κ2) is 6.25. The van der Waals surface area contributed by atoms with Gasteiger partial charge in [-0.1, -0.05) is 17.8 Å². The van der Waals surface area contributed by atoms with E-state index in [4.69, 9.17) is 22.1 Å². The van der Waals surface area contributed by atoms with E-state index in [-0.39, 0.29) is 0 Å². The predicted molar refractivity (Wildman–Crippen MR) is 76.6 cm³/mol. The van der Waals surface area contributed by atoms with Crippen LogP contribution in [0, 0.1) is 22.7 Å². The molecular formula is C15H7ClN2OS. The molecule has 20 heavy (non-hydrogen) atoms. The van der Waals surface area contributed by atoms with Gasteiger partial charge in [0, 0.05) is 15.4 Å². The summed E-state index contributed by atoms with van der Waals surface area (Å²) < 4.78 is 0. The molecule has 0 heterocycles. The molecule has 3 nitrogen and oxygen atoms in total. The number of carbonyl (C=O) groups is 1. The third-order valence-corrected chi connectivity index (χ3v) is 3.85. The molecule has 0 amide bonds. The third kappa shape index (κ3) is 3.00. The summed E-state index contributed by atoms with van der Waals surface area (Å²) in [7, 11) is 0. The second-order valence-electron chi connectivity index (χ2n) is 3.80. The fraction of sp³-hybridized carbons (Fsp3) is 0. The SMILES string of the molecule is N#Cc1cccc(Sc2ccc(C(=O)Cl)cc2)c1C#N. The van der Waals surface area contributed by atoms with E-state index in [9.17, 15) is 4.79 Å². The van der Waals surface area contributed by atoms with E-state index in [2.05, 4.69) is 0 Å². The predicted octanol–water partition coefficient (Wildman–Crippen LogP) is 3.96. The van der Waals surface area contributed by atoms with Crippen molar-refractivity contribution in [1.82, 2.24) is 0 Å². The van der Waals surface area contributed by atoms with Gasteiger partial charge in [0.15, 0.2) is 0 Å². The van der Waals surface area contributed by atoms with Crippen LogP contribution < -0.4 is 0 Å². The Bertz CT molecular complexity index is 742. The van der Waals surface area contributed by atoms with E-state index in [0.717, 1.165) is 4.90 Å². The highest BCUT2D eigenvalue weighted by Gasteiger charge is 2.09. The first-order chi connectivity index (χ1) is 9.65. The van der Waals surface area contributed by atoms with Crippen molar-refractivity contribution in [2.45, 2.75) is 9.79 Å². The van der Waals surface area contributed by atoms with Crippen molar-refractivity contribution in [3.63, 3.8) is 0 Å². The highest BCUT2D eigenvalue weighted by Crippen LogP contribution is 2.31. The van der Waals surface area contributed by atoms with Crippen LogP contribution in [0.2, 0.25) is 0 Å². The average Bonchev–Trinajstić information content (AvgIpc) is 2.47. The standard InChI is InChI=1S/C15H7ClN2OS/c16-15(19)10-4-6-12(7-5-10)20-14-3-1-2-11(8-17)13(14)9-18/h1-7H. The molecule has 0 aliphatic heterocycles. The van der Waals surface area contributed by atoms with Gasteiger partial charge in [-0.2, -0.15) is 10.5 Å². The summed E-state index contributed by atoms with van der Waals surface area (Å²) in [6.07, 6.45) is 0. The molecule has 2 aromatic rings. The van der Waals surface area contributed by atoms with Crippen LogP contribution in [0.15, 0.2) is 52.3 Å². The summed E-state index contributed by atoms with van der Waals surface area (Å²) >= 11 is 6.74. The maximum atomic E-state index is 11.0. The Balaban J connectivity index is 2.34. The molecule has 0 unspecified atom stereocenters. The lowest BCUT2D eigenvalue weighted by Crippen LogP contribution is -1.89. The molecule has 0 bridgehead atoms. The zero-order valence-corrected chi connectivity index (χ0v) is 11.7. The summed E-state index contributed by atoms with van der Waals surface area (Å²) in [5.74, 6) is 0. The molecule has 0 saturated carbocycles. The number of nitriles is 2. The lowest BCUT2D eigenvalue weighted by molar-refractivity contribution is 0.108. The molecule has 2 rings (SSSR count). The van der Waals surface area contributed by atoms with Crippen molar-refractivity contribution in [3.05, 3.63) is 59.2 Å². The first-order valence-electron chi connectivity index (χ1n) is 5.56. The van der Waals surface area contributed by atoms with Crippen molar-refractivity contribution in [2.24, 2.45) is 0 Å². The van der Waals surface area contributed by atoms with E-state index in [1.807, 2.05) is 12.1 Å². The van der Waals surface area contributed by atoms with Gasteiger partial charge in [-0.05, 0) is 48.0 Å². The first-order valence-corrected chi connectivity index (χ1v) is 6.76. The van der Waals surface area contributed by atoms with Gasteiger partial charge in [-0.15, -0.1) is 0 Å². The molecule has 0 aromatic heterocycles. The molecular weight excluding hydrogens is 292 g/mol. The van der Waals surface area contributed by atoms with Crippen LogP contribution >= 0.6 is 23.4 Å². The van der Waals surface area contributed by atoms with Crippen LogP contribution in [0.4, 0.5) is 0 Å². The third-order valence-electron chi connectivity index (χ3n) is 2.57. The van der Waals surface area contributed by atoms with Crippen molar-refractivity contribution < 1.29 is 4.79 Å². The second-order valence-corrected chi connectivity index (χ2v) is 5.26. The molecule has 0 aliphatic carbocycles. The summed E-state index contributed by atoms with van der Waals surface area (Å²) in [5, 5.41) is 17.6. The Morgan fingerprint density at radius 2 is 1.75 bits per heavy atom. The Morgan fingerprint density at radius 1 is 1.05 bits per heavy atom. The van der Waals surface area contributed by atoms with Crippen LogP contribution in [0.25, 0.3) is 0 Å². The summed E-state index contributed by atoms with van der Waals surface area (Å²) in [6.45, 7) is 0. The van der Waals surface area contributed by atoms with E-state index < -0.39 is 5.24 Å². The quantitative estimate of drug-likeness (QED) is 0.805. The van der Waals surface area contributed by atoms with Gasteiger partial charge < -0.3 is 0 Å². The molecule has 0 saturated heterocycles. The Hall–Kier alpha value is -2.27. The zero-order chi connectivity index (χ0) is 14.5. The first kappa shape index (κ1) is 14.1. The summed E-state index contributed by atoms with van der Waals surface area (Å²) in [4.78, 5) is 12.5. The van der Waals surface area contributed by atoms with E-state index >= 15 is 0 Å².